The van der Waals surface area contributed by atoms with Crippen LogP contribution in [0.4, 0.5) is 0 Å². The zero-order chi connectivity index (χ0) is 8.83. The lowest BCUT2D eigenvalue weighted by Gasteiger charge is -1.78. The Morgan fingerprint density at radius 3 is 1.70 bits per heavy atom. The summed E-state index contributed by atoms with van der Waals surface area (Å²) in [4.78, 5) is 3.51. The first kappa shape index (κ1) is 16.1. The average molecular weight is 145 g/mol. The van der Waals surface area contributed by atoms with Crippen LogP contribution < -0.4 is 0 Å². The molecule has 0 aliphatic rings. The highest BCUT2D eigenvalue weighted by Crippen LogP contribution is 1.61. The van der Waals surface area contributed by atoms with E-state index in [2.05, 4.69) is 16.3 Å². The maximum absolute atomic E-state index is 4.45. The molecule has 0 radical (unpaired) electrons. The van der Waals surface area contributed by atoms with Crippen LogP contribution in [0.3, 0.4) is 0 Å². The van der Waals surface area contributed by atoms with Gasteiger partial charge in [-0.25, -0.2) is 0 Å². The lowest BCUT2D eigenvalue weighted by Crippen LogP contribution is -1.70. The normalized spacial score (nSPS) is 6.50. The molecule has 0 unspecified atom stereocenters. The van der Waals surface area contributed by atoms with E-state index in [-0.39, 0.29) is 0 Å². The molecule has 0 bridgehead atoms. The molecular formula is C8H19NO. The Morgan fingerprint density at radius 2 is 1.60 bits per heavy atom. The first-order valence-electron chi connectivity index (χ1n) is 3.59. The Labute approximate surface area is 64.6 Å². The van der Waals surface area contributed by atoms with Crippen LogP contribution >= 0.6 is 0 Å². The molecule has 0 spiro atoms. The fourth-order valence-electron chi connectivity index (χ4n) is 0.104. The van der Waals surface area contributed by atoms with Crippen molar-refractivity contribution in [1.29, 1.82) is 0 Å². The molecule has 0 heterocycles. The minimum atomic E-state index is 1.31. The molecule has 2 nitrogen and oxygen atoms in total. The lowest BCUT2D eigenvalue weighted by atomic mass is 11.0. The van der Waals surface area contributed by atoms with E-state index in [1.165, 1.54) is 12.7 Å². The predicted molar refractivity (Wildman–Crippen MR) is 48.4 cm³/mol. The molecule has 0 aliphatic carbocycles. The fraction of sp³-hybridized carbons (Fsp3) is 0.625. The first-order chi connectivity index (χ1) is 4.91. The molecule has 0 rings (SSSR count). The van der Waals surface area contributed by atoms with E-state index in [4.69, 9.17) is 0 Å². The Bertz CT molecular complexity index is 60.3. The summed E-state index contributed by atoms with van der Waals surface area (Å²) in [5.41, 5.74) is 0. The highest BCUT2D eigenvalue weighted by molar-refractivity contribution is 5.46. The number of ether oxygens (including phenoxy) is 1. The van der Waals surface area contributed by atoms with Crippen LogP contribution in [0, 0.1) is 0 Å². The van der Waals surface area contributed by atoms with Crippen LogP contribution in [-0.2, 0) is 4.74 Å². The van der Waals surface area contributed by atoms with Gasteiger partial charge in [0.1, 0.15) is 0 Å². The second kappa shape index (κ2) is 41.4. The monoisotopic (exact) mass is 145 g/mol. The minimum absolute atomic E-state index is 1.31. The van der Waals surface area contributed by atoms with E-state index >= 15 is 0 Å². The van der Waals surface area contributed by atoms with Crippen LogP contribution in [0.5, 0.6) is 0 Å². The standard InChI is InChI=1S/C4H7NO.2C2H6/c1-3-6-4-5-2;2*1-2/h3-4H,1H2,2H3;2*1-2H3. The van der Waals surface area contributed by atoms with Gasteiger partial charge in [-0.2, -0.15) is 0 Å². The number of hydrogen-bond acceptors (Lipinski definition) is 2. The van der Waals surface area contributed by atoms with Crippen molar-refractivity contribution in [1.82, 2.24) is 0 Å². The van der Waals surface area contributed by atoms with E-state index in [0.29, 0.717) is 0 Å². The third-order valence-electron chi connectivity index (χ3n) is 0.262. The summed E-state index contributed by atoms with van der Waals surface area (Å²) in [6, 6.07) is 0. The Balaban J connectivity index is -0.000000105. The molecule has 0 aliphatic heterocycles. The van der Waals surface area contributed by atoms with Crippen LogP contribution in [-0.4, -0.2) is 13.4 Å². The summed E-state index contributed by atoms with van der Waals surface area (Å²) in [6.07, 6.45) is 2.62. The third kappa shape index (κ3) is 56.9. The third-order valence-corrected chi connectivity index (χ3v) is 0.262. The van der Waals surface area contributed by atoms with Crippen LogP contribution in [0.1, 0.15) is 27.7 Å². The molecule has 0 amide bonds. The molecule has 62 valence electrons. The van der Waals surface area contributed by atoms with Crippen molar-refractivity contribution in [3.05, 3.63) is 12.8 Å². The van der Waals surface area contributed by atoms with Gasteiger partial charge in [-0.1, -0.05) is 34.3 Å². The number of nitrogens with zero attached hydrogens (tertiary/aromatic N) is 1. The van der Waals surface area contributed by atoms with Crippen molar-refractivity contribution >= 4 is 6.40 Å². The first-order valence-corrected chi connectivity index (χ1v) is 3.59. The van der Waals surface area contributed by atoms with E-state index in [9.17, 15) is 0 Å². The van der Waals surface area contributed by atoms with Crippen molar-refractivity contribution < 1.29 is 4.74 Å². The van der Waals surface area contributed by atoms with Gasteiger partial charge in [-0.3, -0.25) is 4.99 Å². The van der Waals surface area contributed by atoms with Gasteiger partial charge in [0, 0.05) is 7.05 Å². The molecule has 0 N–H and O–H groups in total. The Hall–Kier alpha value is -0.790. The summed E-state index contributed by atoms with van der Waals surface area (Å²) >= 11 is 0. The maximum atomic E-state index is 4.45. The zero-order valence-corrected chi connectivity index (χ0v) is 7.72. The molecule has 0 aromatic heterocycles. The summed E-state index contributed by atoms with van der Waals surface area (Å²) in [5.74, 6) is 0. The highest BCUT2D eigenvalue weighted by Gasteiger charge is 1.53. The maximum Gasteiger partial charge on any atom is 0.175 e. The second-order valence-corrected chi connectivity index (χ2v) is 0.666. The van der Waals surface area contributed by atoms with E-state index in [0.717, 1.165) is 0 Å². The summed E-state index contributed by atoms with van der Waals surface area (Å²) < 4.78 is 4.45. The van der Waals surface area contributed by atoms with Gasteiger partial charge >= 0.3 is 0 Å². The van der Waals surface area contributed by atoms with Gasteiger partial charge in [0.05, 0.1) is 6.26 Å². The van der Waals surface area contributed by atoms with Gasteiger partial charge in [-0.05, 0) is 0 Å². The SMILES string of the molecule is C=COC=NC.CC.CC. The van der Waals surface area contributed by atoms with E-state index in [1.807, 2.05) is 27.7 Å². The summed E-state index contributed by atoms with van der Waals surface area (Å²) in [6.45, 7) is 11.3. The number of aliphatic imine (C=N–C) groups is 1. The summed E-state index contributed by atoms with van der Waals surface area (Å²) in [5, 5.41) is 0. The van der Waals surface area contributed by atoms with Gasteiger partial charge < -0.3 is 4.74 Å². The van der Waals surface area contributed by atoms with Crippen molar-refractivity contribution in [2.45, 2.75) is 27.7 Å². The zero-order valence-electron chi connectivity index (χ0n) is 7.72. The van der Waals surface area contributed by atoms with Crippen LogP contribution in [0.15, 0.2) is 17.8 Å². The van der Waals surface area contributed by atoms with E-state index < -0.39 is 0 Å². The number of rotatable bonds is 2. The van der Waals surface area contributed by atoms with Crippen molar-refractivity contribution in [2.75, 3.05) is 7.05 Å². The van der Waals surface area contributed by atoms with Gasteiger partial charge in [0.2, 0.25) is 0 Å². The molecule has 0 atom stereocenters. The summed E-state index contributed by atoms with van der Waals surface area (Å²) in [7, 11) is 1.63. The lowest BCUT2D eigenvalue weighted by molar-refractivity contribution is 0.495. The predicted octanol–water partition coefficient (Wildman–Crippen LogP) is 2.86. The van der Waals surface area contributed by atoms with E-state index in [1.54, 1.807) is 7.05 Å². The van der Waals surface area contributed by atoms with Gasteiger partial charge in [-0.15, -0.1) is 0 Å². The van der Waals surface area contributed by atoms with Crippen LogP contribution in [0.2, 0.25) is 0 Å². The number of hydrogen-bond donors (Lipinski definition) is 0. The van der Waals surface area contributed by atoms with Gasteiger partial charge in [0.25, 0.3) is 0 Å². The fourth-order valence-corrected chi connectivity index (χ4v) is 0.104. The topological polar surface area (TPSA) is 21.6 Å². The molecular weight excluding hydrogens is 126 g/mol. The van der Waals surface area contributed by atoms with Gasteiger partial charge in [0.15, 0.2) is 6.40 Å². The smallest absolute Gasteiger partial charge is 0.175 e. The molecule has 0 saturated heterocycles. The molecule has 0 saturated carbocycles. The molecule has 2 heteroatoms. The Kier molecular flexibility index (Phi) is 66.7. The highest BCUT2D eigenvalue weighted by atomic mass is 16.5. The van der Waals surface area contributed by atoms with Crippen LogP contribution in [0.25, 0.3) is 0 Å². The second-order valence-electron chi connectivity index (χ2n) is 0.666. The molecule has 0 aromatic rings. The van der Waals surface area contributed by atoms with Crippen molar-refractivity contribution in [2.24, 2.45) is 4.99 Å². The molecule has 0 fully saturated rings. The Morgan fingerprint density at radius 1 is 1.20 bits per heavy atom. The molecule has 0 aromatic carbocycles. The quantitative estimate of drug-likeness (QED) is 0.332. The van der Waals surface area contributed by atoms with Crippen molar-refractivity contribution in [3.8, 4) is 0 Å². The largest absolute Gasteiger partial charge is 0.454 e. The molecule has 10 heavy (non-hydrogen) atoms. The minimum Gasteiger partial charge on any atom is -0.454 e. The average Bonchev–Trinajstić information content (AvgIpc) is 2.08. The van der Waals surface area contributed by atoms with Crippen molar-refractivity contribution in [3.63, 3.8) is 0 Å².